The molecule has 158 valence electrons. The van der Waals surface area contributed by atoms with E-state index >= 15 is 0 Å². The quantitative estimate of drug-likeness (QED) is 0.375. The molecule has 28 heavy (non-hydrogen) atoms. The smallest absolute Gasteiger partial charge is 0.448 e. The molecule has 0 saturated heterocycles. The van der Waals surface area contributed by atoms with Gasteiger partial charge in [-0.15, -0.1) is 0 Å². The van der Waals surface area contributed by atoms with Gasteiger partial charge in [0, 0.05) is 5.02 Å². The van der Waals surface area contributed by atoms with Crippen LogP contribution in [-0.2, 0) is 14.3 Å². The van der Waals surface area contributed by atoms with E-state index in [9.17, 15) is 35.9 Å². The number of amides is 2. The molecule has 0 fully saturated rings. The highest BCUT2D eigenvalue weighted by Crippen LogP contribution is 2.35. The van der Waals surface area contributed by atoms with Gasteiger partial charge in [-0.25, -0.2) is 9.59 Å². The van der Waals surface area contributed by atoms with E-state index in [0.29, 0.717) is 0 Å². The van der Waals surface area contributed by atoms with Crippen molar-refractivity contribution in [1.82, 2.24) is 5.32 Å². The number of rotatable bonds is 6. The molecule has 0 radical (unpaired) electrons. The highest BCUT2D eigenvalue weighted by molar-refractivity contribution is 6.35. The number of hydrogen-bond donors (Lipinski definition) is 2. The van der Waals surface area contributed by atoms with Crippen molar-refractivity contribution in [2.24, 2.45) is 0 Å². The van der Waals surface area contributed by atoms with Crippen molar-refractivity contribution in [2.45, 2.75) is 25.0 Å². The van der Waals surface area contributed by atoms with Gasteiger partial charge in [0.1, 0.15) is 6.61 Å². The van der Waals surface area contributed by atoms with Crippen LogP contribution in [0.1, 0.15) is 6.92 Å². The molecule has 1 atom stereocenters. The molecule has 1 aromatic carbocycles. The molecule has 0 bridgehead atoms. The predicted molar refractivity (Wildman–Crippen MR) is 86.0 cm³/mol. The second-order valence-electron chi connectivity index (χ2n) is 5.01. The molecule has 6 nitrogen and oxygen atoms in total. The highest BCUT2D eigenvalue weighted by atomic mass is 35.5. The maximum Gasteiger partial charge on any atom is 0.448 e. The second kappa shape index (κ2) is 9.05. The maximum atomic E-state index is 13.5. The molecule has 1 rings (SSSR count). The van der Waals surface area contributed by atoms with Crippen LogP contribution in [0.4, 0.5) is 36.8 Å². The minimum Gasteiger partial charge on any atom is -0.462 e. The number of anilines is 1. The molecule has 0 unspecified atom stereocenters. The van der Waals surface area contributed by atoms with Gasteiger partial charge in [0.05, 0.1) is 17.3 Å². The average Bonchev–Trinajstić information content (AvgIpc) is 2.53. The standard InChI is InChI=1S/C14H12Cl2F6N2O4/c1-2-27-10(25)13(14(20,21)22,28-6-12(17,18)19)24-11(26)23-9-5-7(15)3-4-8(9)16/h3-5H,2,6H2,1H3,(H2,23,24,26)/t13-/m0/s1. The first kappa shape index (κ1) is 24.1. The normalized spacial score (nSPS) is 14.2. The number of nitrogens with one attached hydrogen (secondary N) is 2. The lowest BCUT2D eigenvalue weighted by Crippen LogP contribution is -2.67. The first-order valence-electron chi connectivity index (χ1n) is 7.20. The van der Waals surface area contributed by atoms with Gasteiger partial charge in [0.15, 0.2) is 0 Å². The number of carbonyl (C=O) groups is 2. The maximum absolute atomic E-state index is 13.5. The summed E-state index contributed by atoms with van der Waals surface area (Å²) in [6.07, 6.45) is -11.0. The molecule has 0 aliphatic heterocycles. The van der Waals surface area contributed by atoms with Gasteiger partial charge in [0.2, 0.25) is 0 Å². The van der Waals surface area contributed by atoms with Crippen molar-refractivity contribution in [3.05, 3.63) is 28.2 Å². The summed E-state index contributed by atoms with van der Waals surface area (Å²) < 4.78 is 85.6. The van der Waals surface area contributed by atoms with E-state index in [4.69, 9.17) is 23.2 Å². The number of urea groups is 1. The number of alkyl halides is 6. The fraction of sp³-hybridized carbons (Fsp3) is 0.429. The summed E-state index contributed by atoms with van der Waals surface area (Å²) >= 11 is 11.4. The molecule has 2 amide bonds. The van der Waals surface area contributed by atoms with Gasteiger partial charge < -0.3 is 14.8 Å². The fourth-order valence-electron chi connectivity index (χ4n) is 1.74. The van der Waals surface area contributed by atoms with Crippen LogP contribution in [0.2, 0.25) is 10.0 Å². The highest BCUT2D eigenvalue weighted by Gasteiger charge is 2.66. The summed E-state index contributed by atoms with van der Waals surface area (Å²) in [7, 11) is 0. The van der Waals surface area contributed by atoms with Crippen molar-refractivity contribution >= 4 is 40.9 Å². The van der Waals surface area contributed by atoms with Crippen LogP contribution in [0, 0.1) is 0 Å². The van der Waals surface area contributed by atoms with E-state index in [0.717, 1.165) is 18.3 Å². The number of benzene rings is 1. The van der Waals surface area contributed by atoms with Gasteiger partial charge in [-0.3, -0.25) is 5.32 Å². The molecular weight excluding hydrogens is 445 g/mol. The van der Waals surface area contributed by atoms with Crippen LogP contribution in [0.5, 0.6) is 0 Å². The largest absolute Gasteiger partial charge is 0.462 e. The Hall–Kier alpha value is -1.92. The Morgan fingerprint density at radius 2 is 1.71 bits per heavy atom. The van der Waals surface area contributed by atoms with Gasteiger partial charge in [-0.05, 0) is 25.1 Å². The summed E-state index contributed by atoms with van der Waals surface area (Å²) in [6.45, 7) is -2.02. The zero-order chi connectivity index (χ0) is 21.8. The van der Waals surface area contributed by atoms with Crippen LogP contribution >= 0.6 is 23.2 Å². The van der Waals surface area contributed by atoms with Crippen molar-refractivity contribution < 1.29 is 45.4 Å². The van der Waals surface area contributed by atoms with Crippen LogP contribution in [0.3, 0.4) is 0 Å². The van der Waals surface area contributed by atoms with Crippen molar-refractivity contribution in [3.63, 3.8) is 0 Å². The van der Waals surface area contributed by atoms with E-state index < -0.39 is 43.3 Å². The SMILES string of the molecule is CCOC(=O)[C@](NC(=O)Nc1cc(Cl)ccc1Cl)(OCC(F)(F)F)C(F)(F)F. The number of carbonyl (C=O) groups excluding carboxylic acids is 2. The van der Waals surface area contributed by atoms with Crippen LogP contribution in [0.15, 0.2) is 18.2 Å². The minimum absolute atomic E-state index is 0.0421. The molecule has 0 spiro atoms. The number of esters is 1. The number of hydrogen-bond acceptors (Lipinski definition) is 4. The van der Waals surface area contributed by atoms with Crippen LogP contribution in [0.25, 0.3) is 0 Å². The Kier molecular flexibility index (Phi) is 7.80. The third-order valence-corrected chi connectivity index (χ3v) is 3.45. The molecule has 0 saturated carbocycles. The van der Waals surface area contributed by atoms with Crippen LogP contribution in [-0.4, -0.2) is 43.3 Å². The summed E-state index contributed by atoms with van der Waals surface area (Å²) in [5, 5.41) is 2.78. The van der Waals surface area contributed by atoms with E-state index in [2.05, 4.69) is 9.47 Å². The van der Waals surface area contributed by atoms with Gasteiger partial charge in [0.25, 0.3) is 0 Å². The van der Waals surface area contributed by atoms with E-state index in [-0.39, 0.29) is 15.7 Å². The number of ether oxygens (including phenoxy) is 2. The molecule has 0 aromatic heterocycles. The fourth-order valence-corrected chi connectivity index (χ4v) is 2.08. The summed E-state index contributed by atoms with van der Waals surface area (Å²) in [5.74, 6) is -2.29. The minimum atomic E-state index is -5.81. The third kappa shape index (κ3) is 6.31. The first-order valence-corrected chi connectivity index (χ1v) is 7.96. The third-order valence-electron chi connectivity index (χ3n) is 2.88. The Bertz CT molecular complexity index is 729. The Morgan fingerprint density at radius 1 is 1.11 bits per heavy atom. The zero-order valence-corrected chi connectivity index (χ0v) is 15.3. The molecular formula is C14H12Cl2F6N2O4. The van der Waals surface area contributed by atoms with Gasteiger partial charge >= 0.3 is 30.1 Å². The Labute approximate surface area is 164 Å². The molecule has 0 aliphatic rings. The van der Waals surface area contributed by atoms with Gasteiger partial charge in [-0.2, -0.15) is 26.3 Å². The Morgan fingerprint density at radius 3 is 2.21 bits per heavy atom. The average molecular weight is 457 g/mol. The second-order valence-corrected chi connectivity index (χ2v) is 5.85. The lowest BCUT2D eigenvalue weighted by molar-refractivity contribution is -0.305. The Balaban J connectivity index is 3.23. The summed E-state index contributed by atoms with van der Waals surface area (Å²) in [5.41, 5.74) is -4.70. The monoisotopic (exact) mass is 456 g/mol. The number of halogens is 8. The topological polar surface area (TPSA) is 76.7 Å². The van der Waals surface area contributed by atoms with Gasteiger partial charge in [-0.1, -0.05) is 23.2 Å². The summed E-state index contributed by atoms with van der Waals surface area (Å²) in [4.78, 5) is 23.8. The van der Waals surface area contributed by atoms with E-state index in [1.54, 1.807) is 0 Å². The molecule has 2 N–H and O–H groups in total. The van der Waals surface area contributed by atoms with Crippen molar-refractivity contribution in [3.8, 4) is 0 Å². The predicted octanol–water partition coefficient (Wildman–Crippen LogP) is 4.52. The molecule has 1 aromatic rings. The van der Waals surface area contributed by atoms with E-state index in [1.807, 2.05) is 5.32 Å². The molecule has 0 heterocycles. The van der Waals surface area contributed by atoms with E-state index in [1.165, 1.54) is 12.1 Å². The van der Waals surface area contributed by atoms with Crippen molar-refractivity contribution in [2.75, 3.05) is 18.5 Å². The van der Waals surface area contributed by atoms with Crippen molar-refractivity contribution in [1.29, 1.82) is 0 Å². The molecule has 14 heteroatoms. The summed E-state index contributed by atoms with van der Waals surface area (Å²) in [6, 6.07) is 1.80. The first-order chi connectivity index (χ1) is 12.7. The van der Waals surface area contributed by atoms with Crippen LogP contribution < -0.4 is 10.6 Å². The lowest BCUT2D eigenvalue weighted by Gasteiger charge is -2.33. The zero-order valence-electron chi connectivity index (χ0n) is 13.8. The lowest BCUT2D eigenvalue weighted by atomic mass is 10.2. The molecule has 0 aliphatic carbocycles.